The highest BCUT2D eigenvalue weighted by Gasteiger charge is 1.90. The molecule has 0 aromatic heterocycles. The van der Waals surface area contributed by atoms with Gasteiger partial charge in [0.1, 0.15) is 6.07 Å². The molecule has 0 aliphatic carbocycles. The monoisotopic (exact) mass is 104 g/mol. The van der Waals surface area contributed by atoms with E-state index >= 15 is 0 Å². The van der Waals surface area contributed by atoms with Gasteiger partial charge in [0.05, 0.1) is 5.57 Å². The highest BCUT2D eigenvalue weighted by atomic mass is 14.6. The Kier molecular flexibility index (Phi) is 1.27. The summed E-state index contributed by atoms with van der Waals surface area (Å²) in [6, 6.07) is 1.96. The van der Waals surface area contributed by atoms with Crippen LogP contribution in [0.2, 0.25) is 0 Å². The lowest BCUT2D eigenvalue weighted by atomic mass is 10.2. The van der Waals surface area contributed by atoms with Gasteiger partial charge in [0.2, 0.25) is 0 Å². The number of nitrogens with zero attached hydrogens (tertiary/aromatic N) is 2. The Balaban J connectivity index is 2.89. The number of rotatable bonds is 0. The van der Waals surface area contributed by atoms with Gasteiger partial charge in [-0.05, 0) is 0 Å². The minimum Gasteiger partial charge on any atom is -0.213 e. The molecule has 2 heteroatoms. The van der Waals surface area contributed by atoms with Gasteiger partial charge in [0.15, 0.2) is 0 Å². The maximum absolute atomic E-state index is 8.25. The zero-order chi connectivity index (χ0) is 5.82. The molecular weight excluding hydrogens is 100 g/mol. The third-order valence-corrected chi connectivity index (χ3v) is 0.836. The average molecular weight is 104 g/mol. The van der Waals surface area contributed by atoms with Crippen LogP contribution >= 0.6 is 0 Å². The molecule has 0 spiro atoms. The van der Waals surface area contributed by atoms with E-state index in [2.05, 4.69) is 10.9 Å². The Labute approximate surface area is 47.5 Å². The number of nitriles is 1. The van der Waals surface area contributed by atoms with E-state index in [-0.39, 0.29) is 0 Å². The van der Waals surface area contributed by atoms with Crippen molar-refractivity contribution in [2.45, 2.75) is 6.42 Å². The summed E-state index contributed by atoms with van der Waals surface area (Å²) in [5.41, 5.74) is 0.604. The van der Waals surface area contributed by atoms with Crippen molar-refractivity contribution in [3.05, 3.63) is 17.8 Å². The lowest BCUT2D eigenvalue weighted by Gasteiger charge is -1.86. The molecule has 0 radical (unpaired) electrons. The SMILES string of the molecule is N#CC1=C=NC=CC1. The summed E-state index contributed by atoms with van der Waals surface area (Å²) in [4.78, 5) is 3.64. The Morgan fingerprint density at radius 2 is 2.75 bits per heavy atom. The Morgan fingerprint density at radius 3 is 3.12 bits per heavy atom. The number of aliphatic imine (C=N–C) groups is 1. The van der Waals surface area contributed by atoms with E-state index in [1.54, 1.807) is 6.20 Å². The number of hydrogen-bond donors (Lipinski definition) is 0. The third-order valence-electron chi connectivity index (χ3n) is 0.836. The van der Waals surface area contributed by atoms with Crippen molar-refractivity contribution in [2.75, 3.05) is 0 Å². The molecule has 0 aromatic rings. The second-order valence-electron chi connectivity index (χ2n) is 1.42. The highest BCUT2D eigenvalue weighted by Crippen LogP contribution is 1.98. The van der Waals surface area contributed by atoms with Gasteiger partial charge in [-0.1, -0.05) is 6.08 Å². The van der Waals surface area contributed by atoms with Gasteiger partial charge in [-0.2, -0.15) is 5.26 Å². The van der Waals surface area contributed by atoms with Crippen LogP contribution in [-0.4, -0.2) is 5.87 Å². The molecule has 1 rings (SSSR count). The van der Waals surface area contributed by atoms with Crippen molar-refractivity contribution in [1.82, 2.24) is 0 Å². The van der Waals surface area contributed by atoms with Crippen LogP contribution in [0.3, 0.4) is 0 Å². The van der Waals surface area contributed by atoms with Crippen molar-refractivity contribution in [1.29, 1.82) is 5.26 Å². The normalized spacial score (nSPS) is 15.1. The van der Waals surface area contributed by atoms with E-state index < -0.39 is 0 Å². The van der Waals surface area contributed by atoms with Gasteiger partial charge < -0.3 is 0 Å². The van der Waals surface area contributed by atoms with Gasteiger partial charge in [-0.3, -0.25) is 0 Å². The van der Waals surface area contributed by atoms with Crippen LogP contribution in [0.25, 0.3) is 0 Å². The first-order valence-electron chi connectivity index (χ1n) is 2.30. The molecule has 0 bridgehead atoms. The number of allylic oxidation sites excluding steroid dienone is 2. The minimum absolute atomic E-state index is 0.604. The molecule has 0 fully saturated rings. The van der Waals surface area contributed by atoms with Gasteiger partial charge >= 0.3 is 0 Å². The predicted octanol–water partition coefficient (Wildman–Crippen LogP) is 1.02. The van der Waals surface area contributed by atoms with Crippen LogP contribution in [0.15, 0.2) is 22.8 Å². The quantitative estimate of drug-likeness (QED) is 0.452. The lowest BCUT2D eigenvalue weighted by molar-refractivity contribution is 1.27. The fourth-order valence-corrected chi connectivity index (χ4v) is 0.455. The number of hydrogen-bond acceptors (Lipinski definition) is 2. The molecule has 8 heavy (non-hydrogen) atoms. The van der Waals surface area contributed by atoms with Crippen molar-refractivity contribution in [3.8, 4) is 6.07 Å². The standard InChI is InChI=1S/C6H4N2/c7-4-6-2-1-3-8-5-6/h1,3H,2H2. The fraction of sp³-hybridized carbons (Fsp3) is 0.167. The van der Waals surface area contributed by atoms with Crippen LogP contribution in [0.5, 0.6) is 0 Å². The summed E-state index contributed by atoms with van der Waals surface area (Å²) in [5, 5.41) is 8.25. The van der Waals surface area contributed by atoms with Crippen LogP contribution in [0.1, 0.15) is 6.42 Å². The van der Waals surface area contributed by atoms with E-state index in [0.29, 0.717) is 12.0 Å². The van der Waals surface area contributed by atoms with Crippen molar-refractivity contribution < 1.29 is 0 Å². The van der Waals surface area contributed by atoms with Crippen LogP contribution in [0, 0.1) is 11.3 Å². The molecule has 0 atom stereocenters. The lowest BCUT2D eigenvalue weighted by Crippen LogP contribution is -1.79. The predicted molar refractivity (Wildman–Crippen MR) is 30.3 cm³/mol. The molecule has 0 amide bonds. The smallest absolute Gasteiger partial charge is 0.105 e. The summed E-state index contributed by atoms with van der Waals surface area (Å²) in [7, 11) is 0. The van der Waals surface area contributed by atoms with Gasteiger partial charge in [-0.25, -0.2) is 4.99 Å². The van der Waals surface area contributed by atoms with Gasteiger partial charge in [-0.15, -0.1) is 0 Å². The van der Waals surface area contributed by atoms with Crippen LogP contribution in [-0.2, 0) is 0 Å². The second kappa shape index (κ2) is 2.11. The van der Waals surface area contributed by atoms with Gasteiger partial charge in [0, 0.05) is 18.5 Å². The molecule has 0 unspecified atom stereocenters. The average Bonchev–Trinajstić information content (AvgIpc) is 1.90. The summed E-state index contributed by atoms with van der Waals surface area (Å²) >= 11 is 0. The fourth-order valence-electron chi connectivity index (χ4n) is 0.455. The Morgan fingerprint density at radius 1 is 1.88 bits per heavy atom. The van der Waals surface area contributed by atoms with E-state index in [9.17, 15) is 0 Å². The summed E-state index contributed by atoms with van der Waals surface area (Å²) in [5.74, 6) is 2.56. The molecular formula is C6H4N2. The van der Waals surface area contributed by atoms with E-state index in [1.807, 2.05) is 12.1 Å². The second-order valence-corrected chi connectivity index (χ2v) is 1.42. The van der Waals surface area contributed by atoms with Crippen LogP contribution in [0.4, 0.5) is 0 Å². The summed E-state index contributed by atoms with van der Waals surface area (Å²) in [6.45, 7) is 0. The molecule has 1 aliphatic rings. The van der Waals surface area contributed by atoms with Crippen molar-refractivity contribution >= 4 is 5.87 Å². The Hall–Kier alpha value is -1.32. The summed E-state index contributed by atoms with van der Waals surface area (Å²) in [6.07, 6.45) is 4.15. The van der Waals surface area contributed by atoms with Crippen molar-refractivity contribution in [2.24, 2.45) is 4.99 Å². The van der Waals surface area contributed by atoms with Gasteiger partial charge in [0.25, 0.3) is 0 Å². The minimum atomic E-state index is 0.604. The molecule has 1 aliphatic heterocycles. The molecule has 1 heterocycles. The third kappa shape index (κ3) is 0.841. The largest absolute Gasteiger partial charge is 0.213 e. The highest BCUT2D eigenvalue weighted by molar-refractivity contribution is 5.65. The molecule has 2 nitrogen and oxygen atoms in total. The zero-order valence-corrected chi connectivity index (χ0v) is 4.26. The maximum atomic E-state index is 8.25. The van der Waals surface area contributed by atoms with E-state index in [1.165, 1.54) is 0 Å². The topological polar surface area (TPSA) is 36.1 Å². The van der Waals surface area contributed by atoms with E-state index in [0.717, 1.165) is 0 Å². The van der Waals surface area contributed by atoms with E-state index in [4.69, 9.17) is 5.26 Å². The molecule has 0 aromatic carbocycles. The molecule has 0 saturated heterocycles. The summed E-state index contributed by atoms with van der Waals surface area (Å²) < 4.78 is 0. The van der Waals surface area contributed by atoms with Crippen molar-refractivity contribution in [3.63, 3.8) is 0 Å². The zero-order valence-electron chi connectivity index (χ0n) is 4.26. The maximum Gasteiger partial charge on any atom is 0.105 e. The Bertz CT molecular complexity index is 211. The van der Waals surface area contributed by atoms with Crippen LogP contribution < -0.4 is 0 Å². The molecule has 0 saturated carbocycles. The first-order chi connectivity index (χ1) is 3.93. The molecule has 38 valence electrons. The molecule has 0 N–H and O–H groups in total. The first-order valence-corrected chi connectivity index (χ1v) is 2.30. The first kappa shape index (κ1) is 4.83.